The van der Waals surface area contributed by atoms with Gasteiger partial charge in [-0.2, -0.15) is 0 Å². The van der Waals surface area contributed by atoms with Crippen LogP contribution in [0.4, 0.5) is 0 Å². The van der Waals surface area contributed by atoms with Crippen molar-refractivity contribution < 1.29 is 27.9 Å². The molecule has 0 unspecified atom stereocenters. The smallest absolute Gasteiger partial charge is 0.356 e. The van der Waals surface area contributed by atoms with Crippen molar-refractivity contribution in [3.8, 4) is 0 Å². The van der Waals surface area contributed by atoms with Gasteiger partial charge >= 0.3 is 11.9 Å². The van der Waals surface area contributed by atoms with Crippen molar-refractivity contribution in [2.45, 2.75) is 18.7 Å². The maximum atomic E-state index is 14.0. The number of fused-ring (bicyclic) bond motifs is 1. The summed E-state index contributed by atoms with van der Waals surface area (Å²) in [4.78, 5) is 25.6. The highest BCUT2D eigenvalue weighted by atomic mass is 35.5. The molecule has 0 aliphatic rings. The van der Waals surface area contributed by atoms with Crippen LogP contribution < -0.4 is 0 Å². The summed E-state index contributed by atoms with van der Waals surface area (Å²) in [5.74, 6) is -2.31. The molecule has 0 spiro atoms. The van der Waals surface area contributed by atoms with Crippen LogP contribution in [0.15, 0.2) is 65.6 Å². The van der Waals surface area contributed by atoms with Gasteiger partial charge in [0, 0.05) is 21.0 Å². The normalized spacial score (nSPS) is 12.1. The second kappa shape index (κ2) is 10.8. The fourth-order valence-corrected chi connectivity index (χ4v) is 6.19. The highest BCUT2D eigenvalue weighted by Gasteiger charge is 2.33. The van der Waals surface area contributed by atoms with Crippen LogP contribution in [-0.4, -0.2) is 36.0 Å². The quantitative estimate of drug-likeness (QED) is 0.184. The van der Waals surface area contributed by atoms with E-state index in [0.717, 1.165) is 9.54 Å². The van der Waals surface area contributed by atoms with E-state index in [1.54, 1.807) is 26.0 Å². The van der Waals surface area contributed by atoms with E-state index >= 15 is 0 Å². The number of hydrogen-bond acceptors (Lipinski definition) is 5. The minimum atomic E-state index is -4.41. The Balaban J connectivity index is 2.18. The van der Waals surface area contributed by atoms with Gasteiger partial charge in [0.05, 0.1) is 27.6 Å². The zero-order valence-corrected chi connectivity index (χ0v) is 23.1. The summed E-state index contributed by atoms with van der Waals surface area (Å²) in [7, 11) is -4.41. The Morgan fingerprint density at radius 3 is 2.18 bits per heavy atom. The Bertz CT molecular complexity index is 1710. The Morgan fingerprint density at radius 1 is 0.974 bits per heavy atom. The summed E-state index contributed by atoms with van der Waals surface area (Å²) in [6, 6.07) is 14.8. The number of carboxylic acid groups (broad SMARTS) is 1. The van der Waals surface area contributed by atoms with Crippen LogP contribution in [0.25, 0.3) is 22.6 Å². The predicted octanol–water partition coefficient (Wildman–Crippen LogP) is 6.95. The number of carbonyl (C=O) groups excluding carboxylic acids is 1. The third kappa shape index (κ3) is 5.17. The van der Waals surface area contributed by atoms with E-state index in [2.05, 4.69) is 0 Å². The fourth-order valence-electron chi connectivity index (χ4n) is 3.98. The molecule has 0 aliphatic heterocycles. The number of aryl methyl sites for hydroxylation is 1. The van der Waals surface area contributed by atoms with Crippen molar-refractivity contribution in [1.29, 1.82) is 0 Å². The molecule has 0 atom stereocenters. The molecular weight excluding hydrogens is 573 g/mol. The lowest BCUT2D eigenvalue weighted by molar-refractivity contribution is -0.130. The molecular formula is C27H20Cl3NO6S. The van der Waals surface area contributed by atoms with E-state index in [4.69, 9.17) is 39.5 Å². The van der Waals surface area contributed by atoms with Crippen LogP contribution in [0.1, 0.15) is 34.1 Å². The van der Waals surface area contributed by atoms with Crippen molar-refractivity contribution in [3.05, 3.63) is 98.1 Å². The minimum Gasteiger partial charge on any atom is -0.478 e. The second-order valence-electron chi connectivity index (χ2n) is 8.22. The van der Waals surface area contributed by atoms with Crippen molar-refractivity contribution in [1.82, 2.24) is 3.97 Å². The van der Waals surface area contributed by atoms with Gasteiger partial charge in [-0.05, 0) is 61.9 Å². The van der Waals surface area contributed by atoms with Gasteiger partial charge in [0.25, 0.3) is 10.0 Å². The van der Waals surface area contributed by atoms with E-state index in [1.807, 2.05) is 0 Å². The number of halogens is 3. The van der Waals surface area contributed by atoms with E-state index in [-0.39, 0.29) is 49.2 Å². The van der Waals surface area contributed by atoms with E-state index in [1.165, 1.54) is 54.6 Å². The van der Waals surface area contributed by atoms with E-state index in [9.17, 15) is 23.1 Å². The standard InChI is InChI=1S/C27H20Cl3NO6S/c1-3-37-27(34)25-21(14-20(26(32)33)16-6-8-17(28)9-7-16)24-22(30)12-18(29)13-23(24)31(25)38(35,36)19-10-4-15(2)5-11-19/h4-14H,3H2,1-2H3,(H,32,33). The maximum absolute atomic E-state index is 14.0. The molecule has 38 heavy (non-hydrogen) atoms. The third-order valence-corrected chi connectivity index (χ3v) is 8.18. The van der Waals surface area contributed by atoms with Crippen LogP contribution in [0.2, 0.25) is 15.1 Å². The summed E-state index contributed by atoms with van der Waals surface area (Å²) < 4.78 is 34.0. The molecule has 0 radical (unpaired) electrons. The number of esters is 1. The van der Waals surface area contributed by atoms with Gasteiger partial charge < -0.3 is 9.84 Å². The molecule has 0 bridgehead atoms. The molecule has 1 aromatic heterocycles. The van der Waals surface area contributed by atoms with Crippen molar-refractivity contribution in [3.63, 3.8) is 0 Å². The summed E-state index contributed by atoms with van der Waals surface area (Å²) in [5.41, 5.74) is 0.380. The summed E-state index contributed by atoms with van der Waals surface area (Å²) in [6.45, 7) is 3.30. The monoisotopic (exact) mass is 591 g/mol. The number of aliphatic carboxylic acids is 1. The number of nitrogens with zero attached hydrogens (tertiary/aromatic N) is 1. The number of aromatic nitrogens is 1. The number of rotatable bonds is 7. The maximum Gasteiger partial charge on any atom is 0.356 e. The molecule has 4 aromatic rings. The SMILES string of the molecule is CCOC(=O)c1c(C=C(C(=O)O)c2ccc(Cl)cc2)c2c(Cl)cc(Cl)cc2n1S(=O)(=O)c1ccc(C)cc1. The predicted molar refractivity (Wildman–Crippen MR) is 149 cm³/mol. The molecule has 1 N–H and O–H groups in total. The Labute approximate surface area is 233 Å². The second-order valence-corrected chi connectivity index (χ2v) is 11.3. The van der Waals surface area contributed by atoms with Gasteiger partial charge in [-0.25, -0.2) is 22.0 Å². The van der Waals surface area contributed by atoms with Crippen LogP contribution in [0.5, 0.6) is 0 Å². The number of ether oxygens (including phenoxy) is 1. The van der Waals surface area contributed by atoms with Crippen molar-refractivity contribution in [2.24, 2.45) is 0 Å². The van der Waals surface area contributed by atoms with Gasteiger partial charge in [0.2, 0.25) is 0 Å². The average Bonchev–Trinajstić information content (AvgIpc) is 3.18. The molecule has 196 valence electrons. The minimum absolute atomic E-state index is 0.0155. The summed E-state index contributed by atoms with van der Waals surface area (Å²) in [5, 5.41) is 10.7. The molecule has 0 aliphatic carbocycles. The number of benzene rings is 3. The molecule has 7 nitrogen and oxygen atoms in total. The number of hydrogen-bond donors (Lipinski definition) is 1. The van der Waals surface area contributed by atoms with Crippen molar-refractivity contribution in [2.75, 3.05) is 6.61 Å². The molecule has 0 amide bonds. The zero-order valence-electron chi connectivity index (χ0n) is 20.0. The largest absolute Gasteiger partial charge is 0.478 e. The highest BCUT2D eigenvalue weighted by molar-refractivity contribution is 7.90. The van der Waals surface area contributed by atoms with Gasteiger partial charge in [-0.3, -0.25) is 0 Å². The fraction of sp³-hybridized carbons (Fsp3) is 0.111. The number of carboxylic acids is 1. The van der Waals surface area contributed by atoms with Crippen LogP contribution in [-0.2, 0) is 19.6 Å². The van der Waals surface area contributed by atoms with Gasteiger partial charge in [0.1, 0.15) is 0 Å². The van der Waals surface area contributed by atoms with Gasteiger partial charge in [-0.15, -0.1) is 0 Å². The number of carbonyl (C=O) groups is 2. The lowest BCUT2D eigenvalue weighted by atomic mass is 10.0. The topological polar surface area (TPSA) is 103 Å². The van der Waals surface area contributed by atoms with E-state index < -0.39 is 27.7 Å². The first-order chi connectivity index (χ1) is 17.9. The molecule has 0 fully saturated rings. The molecule has 0 saturated carbocycles. The Morgan fingerprint density at radius 2 is 1.61 bits per heavy atom. The zero-order chi connectivity index (χ0) is 27.8. The first-order valence-electron chi connectivity index (χ1n) is 11.2. The molecule has 1 heterocycles. The summed E-state index contributed by atoms with van der Waals surface area (Å²) in [6.07, 6.45) is 1.20. The van der Waals surface area contributed by atoms with Gasteiger partial charge in [-0.1, -0.05) is 64.6 Å². The average molecular weight is 593 g/mol. The first-order valence-corrected chi connectivity index (χ1v) is 13.8. The first kappa shape index (κ1) is 27.7. The summed E-state index contributed by atoms with van der Waals surface area (Å²) >= 11 is 18.8. The molecule has 11 heteroatoms. The Kier molecular flexibility index (Phi) is 7.90. The van der Waals surface area contributed by atoms with Gasteiger partial charge in [0.15, 0.2) is 5.69 Å². The van der Waals surface area contributed by atoms with Crippen LogP contribution >= 0.6 is 34.8 Å². The molecule has 4 rings (SSSR count). The van der Waals surface area contributed by atoms with Crippen molar-refractivity contribution >= 4 is 79.3 Å². The van der Waals surface area contributed by atoms with E-state index in [0.29, 0.717) is 5.02 Å². The highest BCUT2D eigenvalue weighted by Crippen LogP contribution is 2.39. The lowest BCUT2D eigenvalue weighted by Crippen LogP contribution is -2.20. The third-order valence-electron chi connectivity index (χ3n) is 5.68. The Hall–Kier alpha value is -3.30. The molecule has 0 saturated heterocycles. The van der Waals surface area contributed by atoms with Crippen LogP contribution in [0.3, 0.4) is 0 Å². The molecule has 3 aromatic carbocycles. The van der Waals surface area contributed by atoms with Crippen LogP contribution in [0, 0.1) is 6.92 Å². The lowest BCUT2D eigenvalue weighted by Gasteiger charge is -2.12.